The molecule has 3 aromatic carbocycles. The maximum Gasteiger partial charge on any atom is 0.217 e. The van der Waals surface area contributed by atoms with Crippen LogP contribution in [0.1, 0.15) is 35.4 Å². The van der Waals surface area contributed by atoms with Crippen molar-refractivity contribution in [3.05, 3.63) is 93.5 Å². The fraction of sp³-hybridized carbons (Fsp3) is 0.174. The molecular formula is C23H18Cl2N2O2. The van der Waals surface area contributed by atoms with E-state index in [1.807, 2.05) is 71.7 Å². The van der Waals surface area contributed by atoms with Crippen LogP contribution in [0.2, 0.25) is 10.0 Å². The highest BCUT2D eigenvalue weighted by Gasteiger charge is 2.42. The molecule has 0 spiro atoms. The number of methoxy groups -OCH3 is 1. The molecule has 0 fully saturated rings. The highest BCUT2D eigenvalue weighted by molar-refractivity contribution is 6.31. The van der Waals surface area contributed by atoms with Crippen molar-refractivity contribution in [2.75, 3.05) is 7.11 Å². The predicted molar refractivity (Wildman–Crippen MR) is 115 cm³/mol. The Balaban J connectivity index is 1.62. The lowest BCUT2D eigenvalue weighted by Gasteiger charge is -2.38. The fourth-order valence-electron chi connectivity index (χ4n) is 3.95. The number of hydrogen-bond donors (Lipinski definition) is 0. The summed E-state index contributed by atoms with van der Waals surface area (Å²) in [5, 5.41) is 8.36. The third-order valence-corrected chi connectivity index (χ3v) is 5.82. The number of halogens is 2. The second-order valence-electron chi connectivity index (χ2n) is 7.05. The number of benzene rings is 3. The molecule has 0 aliphatic carbocycles. The first-order valence-electron chi connectivity index (χ1n) is 9.35. The number of hydrogen-bond acceptors (Lipinski definition) is 4. The van der Waals surface area contributed by atoms with E-state index in [4.69, 9.17) is 37.8 Å². The van der Waals surface area contributed by atoms with E-state index in [1.165, 1.54) is 0 Å². The van der Waals surface area contributed by atoms with Crippen LogP contribution in [-0.2, 0) is 0 Å². The van der Waals surface area contributed by atoms with Gasteiger partial charge in [0.2, 0.25) is 6.23 Å². The van der Waals surface area contributed by atoms with Crippen LogP contribution in [0.15, 0.2) is 71.8 Å². The minimum absolute atomic E-state index is 0.0260. The molecular weight excluding hydrogens is 407 g/mol. The molecule has 0 saturated heterocycles. The van der Waals surface area contributed by atoms with Gasteiger partial charge in [0.05, 0.1) is 24.4 Å². The summed E-state index contributed by atoms with van der Waals surface area (Å²) < 4.78 is 12.0. The number of rotatable bonds is 3. The molecule has 2 aliphatic heterocycles. The monoisotopic (exact) mass is 424 g/mol. The Morgan fingerprint density at radius 1 is 0.966 bits per heavy atom. The molecule has 0 unspecified atom stereocenters. The molecule has 6 heteroatoms. The van der Waals surface area contributed by atoms with E-state index in [2.05, 4.69) is 0 Å². The van der Waals surface area contributed by atoms with Gasteiger partial charge < -0.3 is 9.47 Å². The summed E-state index contributed by atoms with van der Waals surface area (Å²) in [6.07, 6.45) is 0.360. The lowest BCUT2D eigenvalue weighted by molar-refractivity contribution is -0.0203. The Bertz CT molecular complexity index is 1100. The van der Waals surface area contributed by atoms with Gasteiger partial charge in [-0.25, -0.2) is 5.01 Å². The first-order chi connectivity index (χ1) is 14.1. The third-order valence-electron chi connectivity index (χ3n) is 5.33. The van der Waals surface area contributed by atoms with E-state index in [0.717, 1.165) is 40.3 Å². The van der Waals surface area contributed by atoms with Gasteiger partial charge >= 0.3 is 0 Å². The van der Waals surface area contributed by atoms with E-state index >= 15 is 0 Å². The van der Waals surface area contributed by atoms with Crippen LogP contribution >= 0.6 is 23.2 Å². The van der Waals surface area contributed by atoms with Gasteiger partial charge in [0.15, 0.2) is 0 Å². The van der Waals surface area contributed by atoms with E-state index in [0.29, 0.717) is 10.0 Å². The average Bonchev–Trinajstić information content (AvgIpc) is 3.19. The van der Waals surface area contributed by atoms with E-state index in [9.17, 15) is 0 Å². The van der Waals surface area contributed by atoms with Crippen molar-refractivity contribution in [1.29, 1.82) is 0 Å². The van der Waals surface area contributed by atoms with Gasteiger partial charge in [-0.2, -0.15) is 5.10 Å². The molecule has 29 heavy (non-hydrogen) atoms. The zero-order valence-electron chi connectivity index (χ0n) is 15.7. The van der Waals surface area contributed by atoms with E-state index < -0.39 is 6.23 Å². The van der Waals surface area contributed by atoms with Gasteiger partial charge in [-0.15, -0.1) is 0 Å². The van der Waals surface area contributed by atoms with Crippen LogP contribution in [0.5, 0.6) is 11.5 Å². The Labute approximate surface area is 179 Å². The molecule has 0 bridgehead atoms. The second kappa shape index (κ2) is 7.29. The van der Waals surface area contributed by atoms with E-state index in [-0.39, 0.29) is 6.04 Å². The molecule has 0 aromatic heterocycles. The molecule has 2 heterocycles. The lowest BCUT2D eigenvalue weighted by atomic mass is 9.96. The number of fused-ring (bicyclic) bond motifs is 3. The van der Waals surface area contributed by atoms with Crippen molar-refractivity contribution < 1.29 is 9.47 Å². The van der Waals surface area contributed by atoms with Gasteiger partial charge in [-0.3, -0.25) is 0 Å². The maximum absolute atomic E-state index is 6.39. The fourth-order valence-corrected chi connectivity index (χ4v) is 4.26. The van der Waals surface area contributed by atoms with Crippen molar-refractivity contribution in [1.82, 2.24) is 5.01 Å². The van der Waals surface area contributed by atoms with Crippen molar-refractivity contribution in [2.24, 2.45) is 5.10 Å². The van der Waals surface area contributed by atoms with Crippen molar-refractivity contribution in [2.45, 2.75) is 18.7 Å². The molecule has 0 saturated carbocycles. The SMILES string of the molecule is COc1ccccc1[C@H]1Oc2ccc(Cl)cc2[C@@H]2CC(c3ccc(Cl)cc3)=NN12. The van der Waals surface area contributed by atoms with Gasteiger partial charge in [0.25, 0.3) is 0 Å². The lowest BCUT2D eigenvalue weighted by Crippen LogP contribution is -2.33. The standard InChI is InChI=1S/C23H18Cl2N2O2/c1-28-21-5-3-2-4-17(21)23-27-20(18-12-16(25)10-11-22(18)29-23)13-19(26-27)14-6-8-15(24)9-7-14/h2-12,20,23H,13H2,1H3/t20-,23+/m0/s1. The molecule has 0 radical (unpaired) electrons. The third kappa shape index (κ3) is 3.22. The highest BCUT2D eigenvalue weighted by atomic mass is 35.5. The number of ether oxygens (including phenoxy) is 2. The summed E-state index contributed by atoms with van der Waals surface area (Å²) in [4.78, 5) is 0. The maximum atomic E-state index is 6.39. The molecule has 0 amide bonds. The van der Waals surface area contributed by atoms with Crippen molar-refractivity contribution in [3.8, 4) is 11.5 Å². The second-order valence-corrected chi connectivity index (χ2v) is 7.92. The Hall–Kier alpha value is -2.69. The minimum atomic E-state index is -0.394. The number of hydrazone groups is 1. The van der Waals surface area contributed by atoms with Crippen LogP contribution in [0.25, 0.3) is 0 Å². The largest absolute Gasteiger partial charge is 0.496 e. The van der Waals surface area contributed by atoms with Crippen LogP contribution < -0.4 is 9.47 Å². The summed E-state index contributed by atoms with van der Waals surface area (Å²) in [7, 11) is 1.67. The smallest absolute Gasteiger partial charge is 0.217 e. The molecule has 2 aliphatic rings. The summed E-state index contributed by atoms with van der Waals surface area (Å²) in [6, 6.07) is 21.4. The van der Waals surface area contributed by atoms with E-state index in [1.54, 1.807) is 7.11 Å². The Morgan fingerprint density at radius 3 is 2.52 bits per heavy atom. The Morgan fingerprint density at radius 2 is 1.72 bits per heavy atom. The zero-order chi connectivity index (χ0) is 20.0. The number of para-hydroxylation sites is 1. The van der Waals surface area contributed by atoms with Crippen LogP contribution in [-0.4, -0.2) is 17.8 Å². The normalized spacial score (nSPS) is 19.8. The molecule has 3 aromatic rings. The van der Waals surface area contributed by atoms with Gasteiger partial charge in [-0.05, 0) is 48.0 Å². The van der Waals surface area contributed by atoms with Crippen molar-refractivity contribution >= 4 is 28.9 Å². The van der Waals surface area contributed by atoms with Crippen molar-refractivity contribution in [3.63, 3.8) is 0 Å². The summed E-state index contributed by atoms with van der Waals surface area (Å²) in [5.74, 6) is 1.59. The van der Waals surface area contributed by atoms with Gasteiger partial charge in [0, 0.05) is 22.0 Å². The minimum Gasteiger partial charge on any atom is -0.496 e. The van der Waals surface area contributed by atoms with Gasteiger partial charge in [-0.1, -0.05) is 47.5 Å². The molecule has 5 rings (SSSR count). The molecule has 0 N–H and O–H groups in total. The molecule has 4 nitrogen and oxygen atoms in total. The van der Waals surface area contributed by atoms with Gasteiger partial charge in [0.1, 0.15) is 11.5 Å². The average molecular weight is 425 g/mol. The topological polar surface area (TPSA) is 34.1 Å². The summed E-state index contributed by atoms with van der Waals surface area (Å²) in [6.45, 7) is 0. The predicted octanol–water partition coefficient (Wildman–Crippen LogP) is 6.24. The molecule has 146 valence electrons. The number of nitrogens with zero attached hydrogens (tertiary/aromatic N) is 2. The summed E-state index contributed by atoms with van der Waals surface area (Å²) >= 11 is 12.4. The zero-order valence-corrected chi connectivity index (χ0v) is 17.2. The van der Waals surface area contributed by atoms with Crippen LogP contribution in [0.3, 0.4) is 0 Å². The molecule has 2 atom stereocenters. The highest BCUT2D eigenvalue weighted by Crippen LogP contribution is 2.49. The summed E-state index contributed by atoms with van der Waals surface area (Å²) in [5.41, 5.74) is 4.01. The Kier molecular flexibility index (Phi) is 4.61. The quantitative estimate of drug-likeness (QED) is 0.498. The van der Waals surface area contributed by atoms with Crippen LogP contribution in [0.4, 0.5) is 0 Å². The first-order valence-corrected chi connectivity index (χ1v) is 10.1. The van der Waals surface area contributed by atoms with Crippen LogP contribution in [0, 0.1) is 0 Å². The first kappa shape index (κ1) is 18.3.